The van der Waals surface area contributed by atoms with Crippen molar-refractivity contribution in [1.29, 1.82) is 0 Å². The Labute approximate surface area is 210 Å². The number of aliphatic imine (C=N–C) groups is 1. The Morgan fingerprint density at radius 2 is 1.64 bits per heavy atom. The lowest BCUT2D eigenvalue weighted by Crippen LogP contribution is -2.31. The molecule has 0 aliphatic carbocycles. The molecule has 4 rings (SSSR count). The molecule has 8 heteroatoms. The first-order valence-corrected chi connectivity index (χ1v) is 10.4. The molecule has 0 saturated carbocycles. The van der Waals surface area contributed by atoms with Gasteiger partial charge >= 0.3 is 0 Å². The Hall–Kier alpha value is -3.27. The molecule has 0 spiro atoms. The number of halogens is 1. The van der Waals surface area contributed by atoms with Crippen LogP contribution >= 0.6 is 24.0 Å². The van der Waals surface area contributed by atoms with Gasteiger partial charge in [-0.15, -0.1) is 24.0 Å². The third-order valence-corrected chi connectivity index (χ3v) is 5.26. The van der Waals surface area contributed by atoms with E-state index < -0.39 is 0 Å². The summed E-state index contributed by atoms with van der Waals surface area (Å²) in [6, 6.07) is 22.3. The van der Waals surface area contributed by atoms with Gasteiger partial charge in [-0.2, -0.15) is 0 Å². The number of nitrogens with one attached hydrogen (secondary N) is 1. The van der Waals surface area contributed by atoms with Crippen molar-refractivity contribution in [1.82, 2.24) is 14.9 Å². The minimum Gasteiger partial charge on any atom is -0.493 e. The second-order valence-corrected chi connectivity index (χ2v) is 7.42. The van der Waals surface area contributed by atoms with E-state index in [1.807, 2.05) is 42.7 Å². The Bertz CT molecular complexity index is 1220. The van der Waals surface area contributed by atoms with Gasteiger partial charge in [-0.25, -0.2) is 9.98 Å². The monoisotopic (exact) mass is 557 g/mol. The average molecular weight is 557 g/mol. The van der Waals surface area contributed by atoms with E-state index in [1.54, 1.807) is 14.2 Å². The normalized spacial score (nSPS) is 11.2. The van der Waals surface area contributed by atoms with Crippen molar-refractivity contribution < 1.29 is 9.47 Å². The third kappa shape index (κ3) is 6.16. The molecule has 0 fully saturated rings. The highest BCUT2D eigenvalue weighted by molar-refractivity contribution is 14.0. The number of nitrogens with two attached hydrogens (primary N) is 1. The smallest absolute Gasteiger partial charge is 0.189 e. The summed E-state index contributed by atoms with van der Waals surface area (Å²) < 4.78 is 12.7. The number of imidazole rings is 1. The van der Waals surface area contributed by atoms with Gasteiger partial charge in [-0.3, -0.25) is 0 Å². The third-order valence-electron chi connectivity index (χ3n) is 5.26. The first-order chi connectivity index (χ1) is 15.7. The van der Waals surface area contributed by atoms with E-state index in [1.165, 1.54) is 5.56 Å². The van der Waals surface area contributed by atoms with Crippen molar-refractivity contribution in [3.05, 3.63) is 89.7 Å². The number of nitrogens with zero attached hydrogens (tertiary/aromatic N) is 3. The minimum atomic E-state index is 0. The Balaban J connectivity index is 0.00000306. The van der Waals surface area contributed by atoms with Gasteiger partial charge in [0.25, 0.3) is 0 Å². The summed E-state index contributed by atoms with van der Waals surface area (Å²) in [7, 11) is 3.23. The largest absolute Gasteiger partial charge is 0.493 e. The molecular weight excluding hydrogens is 529 g/mol. The highest BCUT2D eigenvalue weighted by atomic mass is 127. The van der Waals surface area contributed by atoms with Crippen LogP contribution in [0.4, 0.5) is 0 Å². The molecule has 0 unspecified atom stereocenters. The van der Waals surface area contributed by atoms with Crippen molar-refractivity contribution >= 4 is 41.0 Å². The van der Waals surface area contributed by atoms with Crippen LogP contribution in [-0.4, -0.2) is 29.7 Å². The van der Waals surface area contributed by atoms with E-state index in [4.69, 9.17) is 15.2 Å². The molecule has 7 nitrogen and oxygen atoms in total. The fourth-order valence-corrected chi connectivity index (χ4v) is 3.50. The molecule has 4 aromatic rings. The van der Waals surface area contributed by atoms with Crippen molar-refractivity contribution in [2.45, 2.75) is 19.6 Å². The maximum Gasteiger partial charge on any atom is 0.189 e. The first-order valence-electron chi connectivity index (χ1n) is 10.4. The number of guanidine groups is 1. The molecule has 33 heavy (non-hydrogen) atoms. The quantitative estimate of drug-likeness (QED) is 0.192. The molecule has 172 valence electrons. The number of hydrogen-bond acceptors (Lipinski definition) is 4. The number of fused-ring (bicyclic) bond motifs is 1. The molecule has 0 aliphatic rings. The van der Waals surface area contributed by atoms with Crippen LogP contribution in [0, 0.1) is 0 Å². The van der Waals surface area contributed by atoms with Crippen LogP contribution in [0.25, 0.3) is 11.0 Å². The van der Waals surface area contributed by atoms with Crippen LogP contribution in [0.3, 0.4) is 0 Å². The zero-order valence-corrected chi connectivity index (χ0v) is 21.0. The lowest BCUT2D eigenvalue weighted by molar-refractivity contribution is 0.354. The Morgan fingerprint density at radius 3 is 2.39 bits per heavy atom. The van der Waals surface area contributed by atoms with Crippen LogP contribution in [0.1, 0.15) is 16.7 Å². The molecule has 0 aliphatic heterocycles. The van der Waals surface area contributed by atoms with Gasteiger partial charge in [0, 0.05) is 13.1 Å². The zero-order chi connectivity index (χ0) is 22.3. The van der Waals surface area contributed by atoms with Crippen molar-refractivity contribution in [3.8, 4) is 11.5 Å². The molecule has 3 N–H and O–H groups in total. The number of hydrogen-bond donors (Lipinski definition) is 2. The van der Waals surface area contributed by atoms with Crippen LogP contribution in [0.15, 0.2) is 78.0 Å². The van der Waals surface area contributed by atoms with Gasteiger partial charge in [0.2, 0.25) is 0 Å². The van der Waals surface area contributed by atoms with Gasteiger partial charge < -0.3 is 25.1 Å². The summed E-state index contributed by atoms with van der Waals surface area (Å²) in [5, 5.41) is 3.17. The van der Waals surface area contributed by atoms with Crippen LogP contribution in [0.2, 0.25) is 0 Å². The van der Waals surface area contributed by atoms with Crippen LogP contribution in [-0.2, 0) is 19.6 Å². The van der Waals surface area contributed by atoms with Gasteiger partial charge in [0.1, 0.15) is 0 Å². The topological polar surface area (TPSA) is 86.7 Å². The maximum absolute atomic E-state index is 6.04. The zero-order valence-electron chi connectivity index (χ0n) is 18.7. The highest BCUT2D eigenvalue weighted by Gasteiger charge is 2.05. The number of ether oxygens (including phenoxy) is 2. The van der Waals surface area contributed by atoms with Crippen LogP contribution in [0.5, 0.6) is 11.5 Å². The van der Waals surface area contributed by atoms with E-state index in [0.29, 0.717) is 30.5 Å². The van der Waals surface area contributed by atoms with Crippen molar-refractivity contribution in [3.63, 3.8) is 0 Å². The Kier molecular flexibility index (Phi) is 8.53. The van der Waals surface area contributed by atoms with E-state index in [0.717, 1.165) is 28.7 Å². The second-order valence-electron chi connectivity index (χ2n) is 7.42. The number of aromatic nitrogens is 2. The minimum absolute atomic E-state index is 0. The number of benzene rings is 3. The van der Waals surface area contributed by atoms with E-state index >= 15 is 0 Å². The molecule has 0 amide bonds. The standard InChI is InChI=1S/C25H27N5O2.HI/c1-31-23-12-11-20(13-24(23)32-2)15-28-25(26)27-14-18-7-9-19(10-8-18)16-30-17-29-21-5-3-4-6-22(21)30;/h3-13,17H,14-16H2,1-2H3,(H3,26,27,28);1H. The van der Waals surface area contributed by atoms with E-state index in [-0.39, 0.29) is 24.0 Å². The molecule has 0 atom stereocenters. The number of rotatable bonds is 8. The first kappa shape index (κ1) is 24.4. The van der Waals surface area contributed by atoms with E-state index in [2.05, 4.69) is 50.2 Å². The average Bonchev–Trinajstić information content (AvgIpc) is 3.24. The Morgan fingerprint density at radius 1 is 0.939 bits per heavy atom. The molecular formula is C25H28IN5O2. The SMILES string of the molecule is COc1ccc(CN=C(N)NCc2ccc(Cn3cnc4ccccc43)cc2)cc1OC.I. The summed E-state index contributed by atoms with van der Waals surface area (Å²) in [4.78, 5) is 8.86. The fourth-order valence-electron chi connectivity index (χ4n) is 3.50. The summed E-state index contributed by atoms with van der Waals surface area (Å²) in [5.41, 5.74) is 11.5. The predicted molar refractivity (Wildman–Crippen MR) is 142 cm³/mol. The lowest BCUT2D eigenvalue weighted by Gasteiger charge is -2.10. The number of methoxy groups -OCH3 is 2. The second kappa shape index (κ2) is 11.6. The molecule has 3 aromatic carbocycles. The number of para-hydroxylation sites is 2. The highest BCUT2D eigenvalue weighted by Crippen LogP contribution is 2.27. The molecule has 0 saturated heterocycles. The molecule has 1 heterocycles. The summed E-state index contributed by atoms with van der Waals surface area (Å²) in [5.74, 6) is 1.76. The molecule has 0 bridgehead atoms. The van der Waals surface area contributed by atoms with Gasteiger partial charge in [0.05, 0.1) is 38.1 Å². The summed E-state index contributed by atoms with van der Waals surface area (Å²) >= 11 is 0. The fraction of sp³-hybridized carbons (Fsp3) is 0.200. The van der Waals surface area contributed by atoms with E-state index in [9.17, 15) is 0 Å². The van der Waals surface area contributed by atoms with Gasteiger partial charge in [-0.05, 0) is 41.0 Å². The van der Waals surface area contributed by atoms with Crippen LogP contribution < -0.4 is 20.5 Å². The molecule has 0 radical (unpaired) electrons. The van der Waals surface area contributed by atoms with Gasteiger partial charge in [-0.1, -0.05) is 42.5 Å². The lowest BCUT2D eigenvalue weighted by atomic mass is 10.1. The van der Waals surface area contributed by atoms with Crippen molar-refractivity contribution in [2.24, 2.45) is 10.7 Å². The van der Waals surface area contributed by atoms with Gasteiger partial charge in [0.15, 0.2) is 17.5 Å². The summed E-state index contributed by atoms with van der Waals surface area (Å²) in [6.07, 6.45) is 1.88. The predicted octanol–water partition coefficient (Wildman–Crippen LogP) is 4.32. The van der Waals surface area contributed by atoms with Crippen molar-refractivity contribution in [2.75, 3.05) is 14.2 Å². The molecule has 1 aromatic heterocycles. The maximum atomic E-state index is 6.04. The summed E-state index contributed by atoms with van der Waals surface area (Å²) in [6.45, 7) is 1.84.